The van der Waals surface area contributed by atoms with Crippen LogP contribution in [-0.2, 0) is 16.0 Å². The lowest BCUT2D eigenvalue weighted by Crippen LogP contribution is -2.47. The van der Waals surface area contributed by atoms with Crippen LogP contribution in [0, 0.1) is 5.92 Å². The summed E-state index contributed by atoms with van der Waals surface area (Å²) in [7, 11) is 0. The fourth-order valence-electron chi connectivity index (χ4n) is 4.04. The number of carbonyl (C=O) groups is 2. The number of nitrogens with one attached hydrogen (secondary N) is 1. The highest BCUT2D eigenvalue weighted by Crippen LogP contribution is 2.34. The molecular weight excluding hydrogens is 288 g/mol. The zero-order valence-corrected chi connectivity index (χ0v) is 13.5. The molecule has 1 aromatic carbocycles. The van der Waals surface area contributed by atoms with Crippen LogP contribution < -0.4 is 5.32 Å². The second-order valence-corrected chi connectivity index (χ2v) is 7.12. The van der Waals surface area contributed by atoms with Crippen molar-refractivity contribution in [3.05, 3.63) is 35.4 Å². The smallest absolute Gasteiger partial charge is 0.243 e. The lowest BCUT2D eigenvalue weighted by molar-refractivity contribution is -0.139. The van der Waals surface area contributed by atoms with Crippen LogP contribution in [-0.4, -0.2) is 29.3 Å². The lowest BCUT2D eigenvalue weighted by atomic mass is 9.87. The Morgan fingerprint density at radius 1 is 1.04 bits per heavy atom. The molecule has 122 valence electrons. The monoisotopic (exact) mass is 312 g/mol. The average Bonchev–Trinajstić information content (AvgIpc) is 3.31. The van der Waals surface area contributed by atoms with Gasteiger partial charge in [-0.3, -0.25) is 9.59 Å². The molecule has 1 aromatic rings. The maximum atomic E-state index is 12.8. The lowest BCUT2D eigenvalue weighted by Gasteiger charge is -2.30. The molecule has 3 aliphatic rings. The summed E-state index contributed by atoms with van der Waals surface area (Å²) in [6.45, 7) is 0.745. The number of aryl methyl sites for hydroxylation is 1. The highest BCUT2D eigenvalue weighted by molar-refractivity contribution is 5.90. The predicted molar refractivity (Wildman–Crippen MR) is 87.7 cm³/mol. The molecule has 23 heavy (non-hydrogen) atoms. The van der Waals surface area contributed by atoms with Crippen molar-refractivity contribution in [3.63, 3.8) is 0 Å². The number of nitrogens with zero attached hydrogens (tertiary/aromatic N) is 1. The van der Waals surface area contributed by atoms with Crippen molar-refractivity contribution < 1.29 is 9.59 Å². The van der Waals surface area contributed by atoms with Crippen LogP contribution in [0.1, 0.15) is 55.7 Å². The molecule has 2 unspecified atom stereocenters. The van der Waals surface area contributed by atoms with Crippen LogP contribution in [0.3, 0.4) is 0 Å². The highest BCUT2D eigenvalue weighted by atomic mass is 16.2. The van der Waals surface area contributed by atoms with Gasteiger partial charge in [0.1, 0.15) is 6.04 Å². The first-order valence-electron chi connectivity index (χ1n) is 8.92. The Hall–Kier alpha value is -1.84. The van der Waals surface area contributed by atoms with Gasteiger partial charge in [0.15, 0.2) is 0 Å². The van der Waals surface area contributed by atoms with E-state index in [9.17, 15) is 9.59 Å². The van der Waals surface area contributed by atoms with E-state index >= 15 is 0 Å². The molecule has 2 atom stereocenters. The summed E-state index contributed by atoms with van der Waals surface area (Å²) >= 11 is 0. The highest BCUT2D eigenvalue weighted by Gasteiger charge is 2.41. The van der Waals surface area contributed by atoms with E-state index in [1.807, 2.05) is 11.0 Å². The van der Waals surface area contributed by atoms with E-state index in [4.69, 9.17) is 0 Å². The number of hydrogen-bond acceptors (Lipinski definition) is 2. The molecule has 2 aliphatic carbocycles. The normalized spacial score (nSPS) is 26.7. The van der Waals surface area contributed by atoms with E-state index in [0.717, 1.165) is 51.5 Å². The Morgan fingerprint density at radius 2 is 1.87 bits per heavy atom. The Morgan fingerprint density at radius 3 is 2.70 bits per heavy atom. The number of likely N-dealkylation sites (tertiary alicyclic amines) is 1. The van der Waals surface area contributed by atoms with Gasteiger partial charge in [-0.05, 0) is 56.1 Å². The zero-order valence-electron chi connectivity index (χ0n) is 13.5. The predicted octanol–water partition coefficient (Wildman–Crippen LogP) is 2.58. The number of rotatable bonds is 3. The molecule has 2 fully saturated rings. The maximum Gasteiger partial charge on any atom is 0.243 e. The summed E-state index contributed by atoms with van der Waals surface area (Å²) in [5.41, 5.74) is 2.60. The number of fused-ring (bicyclic) bond motifs is 1. The minimum atomic E-state index is -0.253. The second kappa shape index (κ2) is 5.99. The standard InChI is InChI=1S/C19H24N2O2/c22-18(17-9-4-12-21(17)19(23)14-10-11-14)20-16-8-3-6-13-5-1-2-7-15(13)16/h1-2,5,7,14,16-17H,3-4,6,8-12H2,(H,20,22). The quantitative estimate of drug-likeness (QED) is 0.932. The molecule has 0 bridgehead atoms. The number of hydrogen-bond donors (Lipinski definition) is 1. The third-order valence-electron chi connectivity index (χ3n) is 5.45. The van der Waals surface area contributed by atoms with Gasteiger partial charge in [-0.2, -0.15) is 0 Å². The van der Waals surface area contributed by atoms with E-state index in [2.05, 4.69) is 23.5 Å². The Labute approximate surface area is 137 Å². The maximum absolute atomic E-state index is 12.8. The van der Waals surface area contributed by atoms with E-state index in [-0.39, 0.29) is 29.8 Å². The molecule has 1 saturated carbocycles. The minimum Gasteiger partial charge on any atom is -0.347 e. The fraction of sp³-hybridized carbons (Fsp3) is 0.579. The van der Waals surface area contributed by atoms with Crippen molar-refractivity contribution in [2.45, 2.75) is 57.0 Å². The third kappa shape index (κ3) is 2.87. The Balaban J connectivity index is 1.46. The minimum absolute atomic E-state index is 0.0400. The largest absolute Gasteiger partial charge is 0.347 e. The molecule has 0 radical (unpaired) electrons. The summed E-state index contributed by atoms with van der Waals surface area (Å²) in [5, 5.41) is 3.23. The van der Waals surface area contributed by atoms with Crippen molar-refractivity contribution in [3.8, 4) is 0 Å². The molecule has 1 saturated heterocycles. The fourth-order valence-corrected chi connectivity index (χ4v) is 4.04. The zero-order chi connectivity index (χ0) is 15.8. The van der Waals surface area contributed by atoms with Crippen LogP contribution in [0.25, 0.3) is 0 Å². The van der Waals surface area contributed by atoms with Gasteiger partial charge in [0.2, 0.25) is 11.8 Å². The summed E-state index contributed by atoms with van der Waals surface area (Å²) in [6.07, 6.45) is 6.94. The molecule has 2 amide bonds. The van der Waals surface area contributed by atoms with E-state index in [1.54, 1.807) is 0 Å². The summed E-state index contributed by atoms with van der Waals surface area (Å²) in [4.78, 5) is 27.0. The van der Waals surface area contributed by atoms with Crippen LogP contribution in [0.15, 0.2) is 24.3 Å². The number of benzene rings is 1. The van der Waals surface area contributed by atoms with Crippen LogP contribution in [0.5, 0.6) is 0 Å². The summed E-state index contributed by atoms with van der Waals surface area (Å²) < 4.78 is 0. The molecule has 1 heterocycles. The van der Waals surface area contributed by atoms with Gasteiger partial charge in [0.05, 0.1) is 6.04 Å². The van der Waals surface area contributed by atoms with Crippen molar-refractivity contribution in [1.82, 2.24) is 10.2 Å². The van der Waals surface area contributed by atoms with Crippen LogP contribution >= 0.6 is 0 Å². The molecule has 1 N–H and O–H groups in total. The van der Waals surface area contributed by atoms with Gasteiger partial charge >= 0.3 is 0 Å². The van der Waals surface area contributed by atoms with E-state index < -0.39 is 0 Å². The van der Waals surface area contributed by atoms with Crippen molar-refractivity contribution >= 4 is 11.8 Å². The number of carbonyl (C=O) groups excluding carboxylic acids is 2. The van der Waals surface area contributed by atoms with Crippen LogP contribution in [0.2, 0.25) is 0 Å². The van der Waals surface area contributed by atoms with Crippen molar-refractivity contribution in [2.24, 2.45) is 5.92 Å². The first-order valence-corrected chi connectivity index (χ1v) is 8.92. The Bertz CT molecular complexity index is 624. The molecule has 4 nitrogen and oxygen atoms in total. The van der Waals surface area contributed by atoms with E-state index in [1.165, 1.54) is 11.1 Å². The molecule has 0 aromatic heterocycles. The first kappa shape index (κ1) is 14.7. The van der Waals surface area contributed by atoms with Gasteiger partial charge < -0.3 is 10.2 Å². The summed E-state index contributed by atoms with van der Waals surface area (Å²) in [6, 6.07) is 8.24. The molecule has 1 aliphatic heterocycles. The molecule has 0 spiro atoms. The van der Waals surface area contributed by atoms with E-state index in [0.29, 0.717) is 0 Å². The third-order valence-corrected chi connectivity index (χ3v) is 5.45. The van der Waals surface area contributed by atoms with Crippen molar-refractivity contribution in [1.29, 1.82) is 0 Å². The van der Waals surface area contributed by atoms with Gasteiger partial charge in [-0.25, -0.2) is 0 Å². The second-order valence-electron chi connectivity index (χ2n) is 7.12. The Kier molecular flexibility index (Phi) is 3.83. The molecule has 4 rings (SSSR count). The topological polar surface area (TPSA) is 49.4 Å². The first-order chi connectivity index (χ1) is 11.2. The van der Waals surface area contributed by atoms with Crippen molar-refractivity contribution in [2.75, 3.05) is 6.54 Å². The van der Waals surface area contributed by atoms with Gasteiger partial charge in [0, 0.05) is 12.5 Å². The van der Waals surface area contributed by atoms with Gasteiger partial charge in [-0.15, -0.1) is 0 Å². The molecular formula is C19H24N2O2. The van der Waals surface area contributed by atoms with Gasteiger partial charge in [0.25, 0.3) is 0 Å². The average molecular weight is 312 g/mol. The SMILES string of the molecule is O=C(NC1CCCc2ccccc21)C1CCCN1C(=O)C1CC1. The van der Waals surface area contributed by atoms with Gasteiger partial charge in [-0.1, -0.05) is 24.3 Å². The summed E-state index contributed by atoms with van der Waals surface area (Å²) in [5.74, 6) is 0.434. The number of amides is 2. The van der Waals surface area contributed by atoms with Crippen LogP contribution in [0.4, 0.5) is 0 Å². The molecule has 4 heteroatoms.